The van der Waals surface area contributed by atoms with Crippen LogP contribution in [0.15, 0.2) is 64.6 Å². The van der Waals surface area contributed by atoms with Gasteiger partial charge in [-0.15, -0.1) is 0 Å². The molecule has 0 saturated heterocycles. The molecule has 12 heteroatoms. The minimum atomic E-state index is -4.04. The third kappa shape index (κ3) is 9.61. The minimum absolute atomic E-state index is 0.00146. The first-order chi connectivity index (χ1) is 18.9. The van der Waals surface area contributed by atoms with Gasteiger partial charge >= 0.3 is 6.09 Å². The Labute approximate surface area is 236 Å². The number of oxime groups is 1. The second-order valence-corrected chi connectivity index (χ2v) is 12.2. The number of carbonyl (C=O) groups is 2. The molecule has 11 nitrogen and oxygen atoms in total. The molecule has 0 aliphatic heterocycles. The second-order valence-electron chi connectivity index (χ2n) is 10.2. The molecule has 5 N–H and O–H groups in total. The zero-order chi connectivity index (χ0) is 29.9. The number of carbonyl (C=O) groups excluding carboxylic acids is 1. The molecular weight excluding hydrogens is 536 g/mol. The predicted molar refractivity (Wildman–Crippen MR) is 152 cm³/mol. The van der Waals surface area contributed by atoms with Crippen LogP contribution in [0.25, 0.3) is 0 Å². The lowest BCUT2D eigenvalue weighted by molar-refractivity contribution is -0.125. The third-order valence-corrected chi connectivity index (χ3v) is 8.40. The van der Waals surface area contributed by atoms with Gasteiger partial charge in [-0.1, -0.05) is 81.7 Å². The van der Waals surface area contributed by atoms with E-state index in [1.807, 2.05) is 51.1 Å². The lowest BCUT2D eigenvalue weighted by Gasteiger charge is -2.32. The van der Waals surface area contributed by atoms with E-state index in [9.17, 15) is 28.2 Å². The van der Waals surface area contributed by atoms with Crippen LogP contribution in [0.1, 0.15) is 45.2 Å². The molecule has 0 spiro atoms. The first-order valence-corrected chi connectivity index (χ1v) is 14.6. The van der Waals surface area contributed by atoms with Crippen LogP contribution in [0.3, 0.4) is 0 Å². The van der Waals surface area contributed by atoms with Crippen LogP contribution in [-0.4, -0.2) is 77.6 Å². The van der Waals surface area contributed by atoms with Gasteiger partial charge in [-0.2, -0.15) is 4.31 Å². The smallest absolute Gasteiger partial charge is 0.405 e. The topological polar surface area (TPSA) is 169 Å². The van der Waals surface area contributed by atoms with E-state index in [4.69, 9.17) is 5.21 Å². The number of benzene rings is 2. The third-order valence-electron chi connectivity index (χ3n) is 6.55. The first kappa shape index (κ1) is 32.7. The number of carboxylic acid groups (broad SMARTS) is 1. The molecule has 0 saturated carbocycles. The maximum absolute atomic E-state index is 13.6. The SMILES string of the molecule is CC[C@H](C)[C@H](NC(=O)O)C(=O)N[C@@H](Cc1ccccc1)[C@H](O)CN(CC(C)C)S(=O)(=O)c1ccc(C=NO)cc1. The number of nitrogens with zero attached hydrogens (tertiary/aromatic N) is 2. The molecule has 0 aromatic heterocycles. The molecule has 0 unspecified atom stereocenters. The highest BCUT2D eigenvalue weighted by atomic mass is 32.2. The summed E-state index contributed by atoms with van der Waals surface area (Å²) in [6.45, 7) is 7.10. The molecule has 2 aromatic rings. The number of nitrogens with one attached hydrogen (secondary N) is 2. The molecule has 2 amide bonds. The quantitative estimate of drug-likeness (QED) is 0.123. The van der Waals surface area contributed by atoms with Crippen molar-refractivity contribution in [2.45, 2.75) is 63.6 Å². The highest BCUT2D eigenvalue weighted by Gasteiger charge is 2.33. The lowest BCUT2D eigenvalue weighted by atomic mass is 9.96. The van der Waals surface area contributed by atoms with E-state index < -0.39 is 40.2 Å². The van der Waals surface area contributed by atoms with Gasteiger partial charge in [0.15, 0.2) is 0 Å². The van der Waals surface area contributed by atoms with E-state index in [1.54, 1.807) is 6.92 Å². The number of amides is 2. The van der Waals surface area contributed by atoms with E-state index in [0.29, 0.717) is 12.0 Å². The Morgan fingerprint density at radius 1 is 1.00 bits per heavy atom. The van der Waals surface area contributed by atoms with Crippen LogP contribution >= 0.6 is 0 Å². The monoisotopic (exact) mass is 576 g/mol. The van der Waals surface area contributed by atoms with Gasteiger partial charge in [0.05, 0.1) is 23.3 Å². The molecule has 2 rings (SSSR count). The molecule has 0 radical (unpaired) electrons. The summed E-state index contributed by atoms with van der Waals surface area (Å²) in [4.78, 5) is 24.6. The number of aliphatic hydroxyl groups excluding tert-OH is 1. The number of sulfonamides is 1. The van der Waals surface area contributed by atoms with Crippen molar-refractivity contribution in [2.24, 2.45) is 17.0 Å². The average Bonchev–Trinajstić information content (AvgIpc) is 2.91. The Kier molecular flexibility index (Phi) is 12.6. The number of rotatable bonds is 15. The fourth-order valence-corrected chi connectivity index (χ4v) is 5.84. The van der Waals surface area contributed by atoms with Gasteiger partial charge in [0.1, 0.15) is 6.04 Å². The van der Waals surface area contributed by atoms with Gasteiger partial charge in [0.25, 0.3) is 0 Å². The molecule has 2 aromatic carbocycles. The number of hydrogen-bond acceptors (Lipinski definition) is 7. The standard InChI is InChI=1S/C28H40N4O7S/c1-5-20(4)26(31-28(35)36)27(34)30-24(15-21-9-7-6-8-10-21)25(33)18-32(17-19(2)3)40(38,39)23-13-11-22(12-14-23)16-29-37/h6-14,16,19-20,24-26,31,33,37H,5,15,17-18H2,1-4H3,(H,30,34)(H,35,36)/t20-,24-,25+,26-/m0/s1. The Balaban J connectivity index is 2.39. The van der Waals surface area contributed by atoms with Crippen molar-refractivity contribution in [3.63, 3.8) is 0 Å². The lowest BCUT2D eigenvalue weighted by Crippen LogP contribution is -2.57. The van der Waals surface area contributed by atoms with Gasteiger partial charge < -0.3 is 26.1 Å². The van der Waals surface area contributed by atoms with E-state index in [-0.39, 0.29) is 36.2 Å². The summed E-state index contributed by atoms with van der Waals surface area (Å²) in [6.07, 6.45) is -0.756. The number of hydrogen-bond donors (Lipinski definition) is 5. The summed E-state index contributed by atoms with van der Waals surface area (Å²) in [6, 6.07) is 12.9. The average molecular weight is 577 g/mol. The van der Waals surface area contributed by atoms with Crippen molar-refractivity contribution >= 4 is 28.2 Å². The summed E-state index contributed by atoms with van der Waals surface area (Å²) in [5.41, 5.74) is 1.31. The van der Waals surface area contributed by atoms with Crippen molar-refractivity contribution in [3.8, 4) is 0 Å². The molecule has 4 atom stereocenters. The molecule has 0 aliphatic carbocycles. The van der Waals surface area contributed by atoms with E-state index in [2.05, 4.69) is 15.8 Å². The summed E-state index contributed by atoms with van der Waals surface area (Å²) in [5.74, 6) is -0.988. The largest absolute Gasteiger partial charge is 0.465 e. The highest BCUT2D eigenvalue weighted by Crippen LogP contribution is 2.20. The highest BCUT2D eigenvalue weighted by molar-refractivity contribution is 7.89. The van der Waals surface area contributed by atoms with Crippen LogP contribution in [0.5, 0.6) is 0 Å². The van der Waals surface area contributed by atoms with Crippen LogP contribution < -0.4 is 10.6 Å². The Hall–Kier alpha value is -3.48. The molecule has 40 heavy (non-hydrogen) atoms. The maximum atomic E-state index is 13.6. The second kappa shape index (κ2) is 15.3. The molecule has 0 heterocycles. The van der Waals surface area contributed by atoms with Crippen LogP contribution in [-0.2, 0) is 21.2 Å². The predicted octanol–water partition coefficient (Wildman–Crippen LogP) is 2.91. The van der Waals surface area contributed by atoms with Crippen molar-refractivity contribution in [1.82, 2.24) is 14.9 Å². The van der Waals surface area contributed by atoms with Crippen LogP contribution in [0.4, 0.5) is 4.79 Å². The molecule has 0 bridgehead atoms. The van der Waals surface area contributed by atoms with Gasteiger partial charge in [-0.25, -0.2) is 13.2 Å². The molecule has 220 valence electrons. The van der Waals surface area contributed by atoms with Crippen LogP contribution in [0.2, 0.25) is 0 Å². The molecule has 0 aliphatic rings. The van der Waals surface area contributed by atoms with Gasteiger partial charge in [-0.05, 0) is 41.5 Å². The van der Waals surface area contributed by atoms with Crippen molar-refractivity contribution in [3.05, 3.63) is 65.7 Å². The minimum Gasteiger partial charge on any atom is -0.465 e. The summed E-state index contributed by atoms with van der Waals surface area (Å²) in [5, 5.41) is 37.4. The van der Waals surface area contributed by atoms with Crippen LogP contribution in [0, 0.1) is 11.8 Å². The summed E-state index contributed by atoms with van der Waals surface area (Å²) >= 11 is 0. The fourth-order valence-electron chi connectivity index (χ4n) is 4.21. The zero-order valence-electron chi connectivity index (χ0n) is 23.3. The van der Waals surface area contributed by atoms with Gasteiger partial charge in [0.2, 0.25) is 15.9 Å². The Morgan fingerprint density at radius 3 is 2.15 bits per heavy atom. The van der Waals surface area contributed by atoms with Crippen molar-refractivity contribution in [1.29, 1.82) is 0 Å². The summed E-state index contributed by atoms with van der Waals surface area (Å²) in [7, 11) is -4.04. The Morgan fingerprint density at radius 2 is 1.62 bits per heavy atom. The zero-order valence-corrected chi connectivity index (χ0v) is 24.1. The molecular formula is C28H40N4O7S. The normalized spacial score (nSPS) is 15.1. The molecule has 0 fully saturated rings. The van der Waals surface area contributed by atoms with Crippen molar-refractivity contribution in [2.75, 3.05) is 13.1 Å². The van der Waals surface area contributed by atoms with E-state index in [0.717, 1.165) is 5.56 Å². The fraction of sp³-hybridized carbons (Fsp3) is 0.464. The van der Waals surface area contributed by atoms with Crippen molar-refractivity contribution < 1.29 is 33.4 Å². The van der Waals surface area contributed by atoms with E-state index >= 15 is 0 Å². The van der Waals surface area contributed by atoms with Gasteiger partial charge in [-0.3, -0.25) is 4.79 Å². The maximum Gasteiger partial charge on any atom is 0.405 e. The van der Waals surface area contributed by atoms with E-state index in [1.165, 1.54) is 34.8 Å². The van der Waals surface area contributed by atoms with Gasteiger partial charge in [0, 0.05) is 13.1 Å². The first-order valence-electron chi connectivity index (χ1n) is 13.2. The number of aliphatic hydroxyl groups is 1. The summed E-state index contributed by atoms with van der Waals surface area (Å²) < 4.78 is 28.4. The Bertz CT molecular complexity index is 1220.